The van der Waals surface area contributed by atoms with E-state index in [0.717, 1.165) is 22.9 Å². The summed E-state index contributed by atoms with van der Waals surface area (Å²) in [5.41, 5.74) is 2.92. The van der Waals surface area contributed by atoms with Gasteiger partial charge in [-0.05, 0) is 42.3 Å². The molecule has 0 saturated carbocycles. The minimum atomic E-state index is -0.472. The van der Waals surface area contributed by atoms with E-state index in [2.05, 4.69) is 16.0 Å². The molecule has 5 nitrogen and oxygen atoms in total. The van der Waals surface area contributed by atoms with E-state index in [1.165, 1.54) is 12.1 Å². The fourth-order valence-corrected chi connectivity index (χ4v) is 2.76. The van der Waals surface area contributed by atoms with Gasteiger partial charge in [0.25, 0.3) is 0 Å². The van der Waals surface area contributed by atoms with Crippen LogP contribution < -0.4 is 16.0 Å². The number of hydrogen-bond acceptors (Lipinski definition) is 2. The lowest BCUT2D eigenvalue weighted by atomic mass is 10.0. The standard InChI is InChI=1S/C17H15ClFN3O2/c1-9(10-2-4-14-11(6-10)7-16(23)21-14)20-17(24)22-15-5-3-12(19)8-13(15)18/h2-6,8-9H,7H2,1H3,(H,21,23)(H2,20,22,24)/t9-/m1/s1. The van der Waals surface area contributed by atoms with Gasteiger partial charge in [-0.2, -0.15) is 0 Å². The van der Waals surface area contributed by atoms with Crippen LogP contribution in [0.1, 0.15) is 24.1 Å². The molecule has 0 bridgehead atoms. The number of hydrogen-bond donors (Lipinski definition) is 3. The maximum Gasteiger partial charge on any atom is 0.319 e. The van der Waals surface area contributed by atoms with Gasteiger partial charge in [-0.25, -0.2) is 9.18 Å². The molecule has 124 valence electrons. The van der Waals surface area contributed by atoms with Gasteiger partial charge in [0.1, 0.15) is 5.82 Å². The first-order valence-corrected chi connectivity index (χ1v) is 7.75. The summed E-state index contributed by atoms with van der Waals surface area (Å²) in [6.45, 7) is 1.83. The van der Waals surface area contributed by atoms with Gasteiger partial charge in [0, 0.05) is 5.69 Å². The number of amides is 3. The van der Waals surface area contributed by atoms with Gasteiger partial charge in [0.05, 0.1) is 23.2 Å². The average Bonchev–Trinajstić information content (AvgIpc) is 2.89. The second-order valence-electron chi connectivity index (χ2n) is 5.59. The Hall–Kier alpha value is -2.60. The van der Waals surface area contributed by atoms with Crippen molar-refractivity contribution in [2.24, 2.45) is 0 Å². The van der Waals surface area contributed by atoms with E-state index >= 15 is 0 Å². The van der Waals surface area contributed by atoms with Crippen LogP contribution >= 0.6 is 11.6 Å². The highest BCUT2D eigenvalue weighted by molar-refractivity contribution is 6.33. The van der Waals surface area contributed by atoms with Crippen molar-refractivity contribution in [3.63, 3.8) is 0 Å². The molecule has 24 heavy (non-hydrogen) atoms. The molecule has 0 radical (unpaired) electrons. The van der Waals surface area contributed by atoms with Crippen LogP contribution in [0, 0.1) is 5.82 Å². The number of halogens is 2. The lowest BCUT2D eigenvalue weighted by Gasteiger charge is -2.16. The van der Waals surface area contributed by atoms with Crippen LogP contribution in [0.3, 0.4) is 0 Å². The van der Waals surface area contributed by atoms with E-state index in [1.807, 2.05) is 25.1 Å². The highest BCUT2D eigenvalue weighted by Gasteiger charge is 2.19. The Balaban J connectivity index is 1.66. The molecular formula is C17H15ClFN3O2. The molecule has 0 saturated heterocycles. The van der Waals surface area contributed by atoms with Crippen molar-refractivity contribution in [1.82, 2.24) is 5.32 Å². The highest BCUT2D eigenvalue weighted by atomic mass is 35.5. The van der Waals surface area contributed by atoms with Crippen LogP contribution in [0.2, 0.25) is 5.02 Å². The largest absolute Gasteiger partial charge is 0.331 e. The van der Waals surface area contributed by atoms with E-state index in [0.29, 0.717) is 12.1 Å². The van der Waals surface area contributed by atoms with Crippen molar-refractivity contribution >= 4 is 34.9 Å². The van der Waals surface area contributed by atoms with Crippen molar-refractivity contribution in [3.8, 4) is 0 Å². The quantitative estimate of drug-likeness (QED) is 0.789. The zero-order chi connectivity index (χ0) is 17.3. The number of rotatable bonds is 3. The Morgan fingerprint density at radius 3 is 2.83 bits per heavy atom. The van der Waals surface area contributed by atoms with E-state index < -0.39 is 11.8 Å². The van der Waals surface area contributed by atoms with E-state index in [1.54, 1.807) is 0 Å². The normalized spacial score (nSPS) is 13.9. The number of benzene rings is 2. The third kappa shape index (κ3) is 3.49. The Kier molecular flexibility index (Phi) is 4.40. The highest BCUT2D eigenvalue weighted by Crippen LogP contribution is 2.27. The lowest BCUT2D eigenvalue weighted by Crippen LogP contribution is -2.31. The first kappa shape index (κ1) is 16.3. The van der Waals surface area contributed by atoms with Gasteiger partial charge < -0.3 is 16.0 Å². The fraction of sp³-hybridized carbons (Fsp3) is 0.176. The molecule has 1 atom stereocenters. The van der Waals surface area contributed by atoms with Crippen LogP contribution in [0.15, 0.2) is 36.4 Å². The zero-order valence-corrected chi connectivity index (χ0v) is 13.6. The monoisotopic (exact) mass is 347 g/mol. The topological polar surface area (TPSA) is 70.2 Å². The molecule has 0 aliphatic carbocycles. The lowest BCUT2D eigenvalue weighted by molar-refractivity contribution is -0.115. The second kappa shape index (κ2) is 6.49. The van der Waals surface area contributed by atoms with Crippen LogP contribution in [-0.2, 0) is 11.2 Å². The summed E-state index contributed by atoms with van der Waals surface area (Å²) in [5, 5.41) is 8.25. The van der Waals surface area contributed by atoms with Crippen molar-refractivity contribution < 1.29 is 14.0 Å². The van der Waals surface area contributed by atoms with Gasteiger partial charge >= 0.3 is 6.03 Å². The molecule has 3 rings (SSSR count). The van der Waals surface area contributed by atoms with Gasteiger partial charge in [0.2, 0.25) is 5.91 Å². The number of urea groups is 1. The maximum atomic E-state index is 13.0. The zero-order valence-electron chi connectivity index (χ0n) is 12.8. The third-order valence-electron chi connectivity index (χ3n) is 3.78. The molecule has 0 fully saturated rings. The number of carbonyl (C=O) groups is 2. The van der Waals surface area contributed by atoms with Crippen molar-refractivity contribution in [3.05, 3.63) is 58.4 Å². The van der Waals surface area contributed by atoms with E-state index in [9.17, 15) is 14.0 Å². The summed E-state index contributed by atoms with van der Waals surface area (Å²) in [5.74, 6) is -0.507. The van der Waals surface area contributed by atoms with Gasteiger partial charge in [-0.3, -0.25) is 4.79 Å². The molecule has 3 N–H and O–H groups in total. The molecule has 3 amide bonds. The van der Waals surface area contributed by atoms with Crippen LogP contribution in [0.25, 0.3) is 0 Å². The predicted octanol–water partition coefficient (Wildman–Crippen LogP) is 3.86. The maximum absolute atomic E-state index is 13.0. The fourth-order valence-electron chi connectivity index (χ4n) is 2.55. The van der Waals surface area contributed by atoms with Crippen LogP contribution in [0.5, 0.6) is 0 Å². The van der Waals surface area contributed by atoms with Crippen LogP contribution in [-0.4, -0.2) is 11.9 Å². The number of nitrogens with one attached hydrogen (secondary N) is 3. The Labute approximate surface area is 143 Å². The molecule has 0 unspecified atom stereocenters. The molecule has 0 spiro atoms. The summed E-state index contributed by atoms with van der Waals surface area (Å²) < 4.78 is 13.0. The Morgan fingerprint density at radius 2 is 2.08 bits per heavy atom. The Bertz CT molecular complexity index is 825. The number of fused-ring (bicyclic) bond motifs is 1. The Morgan fingerprint density at radius 1 is 1.29 bits per heavy atom. The van der Waals surface area contributed by atoms with Crippen LogP contribution in [0.4, 0.5) is 20.6 Å². The van der Waals surface area contributed by atoms with Gasteiger partial charge in [0.15, 0.2) is 0 Å². The molecule has 1 heterocycles. The smallest absolute Gasteiger partial charge is 0.319 e. The van der Waals surface area contributed by atoms with Gasteiger partial charge in [-0.1, -0.05) is 23.7 Å². The molecule has 2 aromatic carbocycles. The van der Waals surface area contributed by atoms with Crippen molar-refractivity contribution in [1.29, 1.82) is 0 Å². The first-order valence-electron chi connectivity index (χ1n) is 7.37. The van der Waals surface area contributed by atoms with Crippen molar-refractivity contribution in [2.45, 2.75) is 19.4 Å². The SMILES string of the molecule is C[C@@H](NC(=O)Nc1ccc(F)cc1Cl)c1ccc2c(c1)CC(=O)N2. The molecule has 1 aliphatic rings. The molecule has 0 aromatic heterocycles. The summed E-state index contributed by atoms with van der Waals surface area (Å²) in [4.78, 5) is 23.5. The molecular weight excluding hydrogens is 333 g/mol. The second-order valence-corrected chi connectivity index (χ2v) is 5.99. The first-order chi connectivity index (χ1) is 11.4. The minimum Gasteiger partial charge on any atom is -0.331 e. The third-order valence-corrected chi connectivity index (χ3v) is 4.09. The summed E-state index contributed by atoms with van der Waals surface area (Å²) >= 11 is 5.88. The summed E-state index contributed by atoms with van der Waals surface area (Å²) in [7, 11) is 0. The minimum absolute atomic E-state index is 0.0357. The predicted molar refractivity (Wildman–Crippen MR) is 90.8 cm³/mol. The number of anilines is 2. The van der Waals surface area contributed by atoms with Crippen molar-refractivity contribution in [2.75, 3.05) is 10.6 Å². The van der Waals surface area contributed by atoms with Gasteiger partial charge in [-0.15, -0.1) is 0 Å². The average molecular weight is 348 g/mol. The summed E-state index contributed by atoms with van der Waals surface area (Å²) in [6.07, 6.45) is 0.341. The molecule has 1 aliphatic heterocycles. The number of carbonyl (C=O) groups excluding carboxylic acids is 2. The summed E-state index contributed by atoms with van der Waals surface area (Å²) in [6, 6.07) is 8.58. The molecule has 7 heteroatoms. The van der Waals surface area contributed by atoms with E-state index in [-0.39, 0.29) is 17.0 Å². The molecule has 2 aromatic rings. The van der Waals surface area contributed by atoms with E-state index in [4.69, 9.17) is 11.6 Å².